The number of benzene rings is 1. The highest BCUT2D eigenvalue weighted by molar-refractivity contribution is 8.15. The van der Waals surface area contributed by atoms with Gasteiger partial charge in [0.1, 0.15) is 22.5 Å². The van der Waals surface area contributed by atoms with E-state index in [1.54, 1.807) is 13.0 Å². The summed E-state index contributed by atoms with van der Waals surface area (Å²) in [6, 6.07) is 9.49. The molecule has 2 fully saturated rings. The van der Waals surface area contributed by atoms with Crippen LogP contribution in [0.25, 0.3) is 11.9 Å². The molecule has 2 aliphatic heterocycles. The van der Waals surface area contributed by atoms with Gasteiger partial charge < -0.3 is 15.5 Å². The Balaban J connectivity index is 1.44. The highest BCUT2D eigenvalue weighted by Gasteiger charge is 2.71. The number of hydrogen-bond donors (Lipinski definition) is 1. The molecule has 1 saturated heterocycles. The van der Waals surface area contributed by atoms with E-state index in [1.807, 2.05) is 25.1 Å². The summed E-state index contributed by atoms with van der Waals surface area (Å²) in [4.78, 5) is 26.3. The monoisotopic (exact) mass is 522 g/mol. The third kappa shape index (κ3) is 4.40. The maximum absolute atomic E-state index is 15.3. The lowest BCUT2D eigenvalue weighted by Gasteiger charge is -2.35. The Hall–Kier alpha value is -3.29. The maximum atomic E-state index is 15.3. The van der Waals surface area contributed by atoms with Crippen molar-refractivity contribution in [1.82, 2.24) is 14.8 Å². The molecule has 192 valence electrons. The van der Waals surface area contributed by atoms with Crippen molar-refractivity contribution in [3.8, 4) is 6.07 Å². The molecule has 4 atom stereocenters. The molecule has 2 aromatic rings. The van der Waals surface area contributed by atoms with E-state index < -0.39 is 21.9 Å². The first kappa shape index (κ1) is 25.4. The number of nitrogens with two attached hydrogens (primary N) is 1. The minimum atomic E-state index is -1.07. The number of halogens is 2. The lowest BCUT2D eigenvalue weighted by Crippen LogP contribution is -2.46. The van der Waals surface area contributed by atoms with Gasteiger partial charge in [0.15, 0.2) is 5.17 Å². The molecule has 0 spiro atoms. The standard InChI is InChI=1S/C27H28F2N6OS/c1-26(19-10-16(4-6-20(19)28)11-21(29)22-7-5-17(13-30)14-32-22)23-12-27(23,37-25(31)33-26)24(36)35-9-8-18(15-35)34(2)3/h4-7,10-11,14,18,23H,8-9,12,15H2,1-3H3,(H2,31,33)/b21-11-/t18?,23-,26+,27-/m0/s1. The SMILES string of the molecule is CN(C)C1CCN(C(=O)[C@]23C[C@H]2[C@@](C)(c2cc(/C=C(\F)c4ccc(C#N)cn4)ccc2F)N=C(N)S3)C1. The number of carbonyl (C=O) groups is 1. The Morgan fingerprint density at radius 2 is 2.14 bits per heavy atom. The van der Waals surface area contributed by atoms with Gasteiger partial charge in [-0.25, -0.2) is 8.78 Å². The molecule has 1 saturated carbocycles. The first-order chi connectivity index (χ1) is 17.6. The molecule has 1 aromatic heterocycles. The number of rotatable bonds is 5. The van der Waals surface area contributed by atoms with E-state index in [4.69, 9.17) is 11.0 Å². The number of hydrogen-bond acceptors (Lipinski definition) is 7. The van der Waals surface area contributed by atoms with Gasteiger partial charge in [0.2, 0.25) is 5.91 Å². The van der Waals surface area contributed by atoms with Crippen LogP contribution in [0, 0.1) is 23.1 Å². The number of likely N-dealkylation sites (N-methyl/N-ethyl adjacent to an activating group) is 1. The second-order valence-corrected chi connectivity index (χ2v) is 11.6. The number of carbonyl (C=O) groups excluding carboxylic acids is 1. The number of fused-ring (bicyclic) bond motifs is 1. The highest BCUT2D eigenvalue weighted by atomic mass is 32.2. The molecule has 7 nitrogen and oxygen atoms in total. The maximum Gasteiger partial charge on any atom is 0.239 e. The summed E-state index contributed by atoms with van der Waals surface area (Å²) in [5, 5.41) is 9.17. The average molecular weight is 523 g/mol. The zero-order valence-electron chi connectivity index (χ0n) is 20.9. The van der Waals surface area contributed by atoms with Crippen LogP contribution in [-0.2, 0) is 10.3 Å². The van der Waals surface area contributed by atoms with Crippen LogP contribution in [0.15, 0.2) is 41.5 Å². The molecule has 3 aliphatic rings. The smallest absolute Gasteiger partial charge is 0.239 e. The van der Waals surface area contributed by atoms with Crippen molar-refractivity contribution in [1.29, 1.82) is 5.26 Å². The number of likely N-dealkylation sites (tertiary alicyclic amines) is 1. The number of nitrogens with zero attached hydrogens (tertiary/aromatic N) is 5. The minimum Gasteiger partial charge on any atom is -0.378 e. The normalized spacial score (nSPS) is 29.1. The number of aromatic nitrogens is 1. The summed E-state index contributed by atoms with van der Waals surface area (Å²) in [5.74, 6) is -1.30. The topological polar surface area (TPSA) is 98.6 Å². The number of amidine groups is 1. The number of aliphatic imine (C=N–C) groups is 1. The van der Waals surface area contributed by atoms with E-state index >= 15 is 4.39 Å². The molecule has 0 bridgehead atoms. The van der Waals surface area contributed by atoms with Gasteiger partial charge in [-0.05, 0) is 69.8 Å². The fourth-order valence-corrected chi connectivity index (χ4v) is 6.96. The molecule has 1 amide bonds. The predicted molar refractivity (Wildman–Crippen MR) is 140 cm³/mol. The van der Waals surface area contributed by atoms with Gasteiger partial charge >= 0.3 is 0 Å². The number of pyridine rings is 1. The third-order valence-corrected chi connectivity index (χ3v) is 9.02. The van der Waals surface area contributed by atoms with Gasteiger partial charge in [0.25, 0.3) is 0 Å². The van der Waals surface area contributed by atoms with Crippen molar-refractivity contribution < 1.29 is 13.6 Å². The Bertz CT molecular complexity index is 1350. The zero-order valence-corrected chi connectivity index (χ0v) is 21.7. The largest absolute Gasteiger partial charge is 0.378 e. The Kier molecular flexibility index (Phi) is 6.32. The lowest BCUT2D eigenvalue weighted by molar-refractivity contribution is -0.131. The summed E-state index contributed by atoms with van der Waals surface area (Å²) < 4.78 is 29.4. The van der Waals surface area contributed by atoms with Crippen molar-refractivity contribution in [2.75, 3.05) is 27.2 Å². The van der Waals surface area contributed by atoms with Crippen LogP contribution in [-0.4, -0.2) is 63.8 Å². The van der Waals surface area contributed by atoms with Gasteiger partial charge in [0, 0.05) is 36.8 Å². The number of nitriles is 1. The fourth-order valence-electron chi connectivity index (χ4n) is 5.51. The van der Waals surface area contributed by atoms with Crippen LogP contribution in [0.3, 0.4) is 0 Å². The van der Waals surface area contributed by atoms with E-state index in [1.165, 1.54) is 48.3 Å². The van der Waals surface area contributed by atoms with E-state index in [0.717, 1.165) is 6.42 Å². The van der Waals surface area contributed by atoms with Crippen LogP contribution in [0.2, 0.25) is 0 Å². The zero-order chi connectivity index (χ0) is 26.5. The molecule has 3 heterocycles. The van der Waals surface area contributed by atoms with Crippen molar-refractivity contribution in [3.05, 3.63) is 64.7 Å². The molecule has 5 rings (SSSR count). The summed E-state index contributed by atoms with van der Waals surface area (Å²) in [5.41, 5.74) is 6.27. The molecule has 2 N–H and O–H groups in total. The molecular formula is C27H28F2N6OS. The first-order valence-corrected chi connectivity index (χ1v) is 12.9. The van der Waals surface area contributed by atoms with Crippen molar-refractivity contribution in [2.45, 2.75) is 36.1 Å². The Labute approximate surface area is 219 Å². The van der Waals surface area contributed by atoms with Gasteiger partial charge in [0.05, 0.1) is 16.8 Å². The third-order valence-electron chi connectivity index (χ3n) is 7.73. The second kappa shape index (κ2) is 9.23. The van der Waals surface area contributed by atoms with Crippen LogP contribution < -0.4 is 5.73 Å². The Morgan fingerprint density at radius 3 is 2.78 bits per heavy atom. The summed E-state index contributed by atoms with van der Waals surface area (Å²) in [6.07, 6.45) is 4.02. The summed E-state index contributed by atoms with van der Waals surface area (Å²) >= 11 is 1.28. The van der Waals surface area contributed by atoms with Crippen molar-refractivity contribution >= 4 is 34.7 Å². The molecule has 10 heteroatoms. The minimum absolute atomic E-state index is 0.0327. The quantitative estimate of drug-likeness (QED) is 0.642. The lowest BCUT2D eigenvalue weighted by atomic mass is 9.84. The van der Waals surface area contributed by atoms with Crippen LogP contribution in [0.5, 0.6) is 0 Å². The Morgan fingerprint density at radius 1 is 1.35 bits per heavy atom. The van der Waals surface area contributed by atoms with Gasteiger partial charge in [-0.2, -0.15) is 5.26 Å². The van der Waals surface area contributed by atoms with Gasteiger partial charge in [-0.3, -0.25) is 14.8 Å². The number of thioether (sulfide) groups is 1. The van der Waals surface area contributed by atoms with E-state index in [0.29, 0.717) is 36.7 Å². The summed E-state index contributed by atoms with van der Waals surface area (Å²) in [6.45, 7) is 3.14. The summed E-state index contributed by atoms with van der Waals surface area (Å²) in [7, 11) is 4.02. The first-order valence-electron chi connectivity index (χ1n) is 12.1. The van der Waals surface area contributed by atoms with E-state index in [-0.39, 0.29) is 28.3 Å². The predicted octanol–water partition coefficient (Wildman–Crippen LogP) is 3.76. The molecule has 1 unspecified atom stereocenters. The second-order valence-electron chi connectivity index (χ2n) is 10.3. The van der Waals surface area contributed by atoms with E-state index in [9.17, 15) is 9.18 Å². The van der Waals surface area contributed by atoms with Crippen molar-refractivity contribution in [3.63, 3.8) is 0 Å². The molecule has 1 aliphatic carbocycles. The van der Waals surface area contributed by atoms with Crippen LogP contribution in [0.4, 0.5) is 8.78 Å². The molecular weight excluding hydrogens is 494 g/mol. The molecule has 1 aromatic carbocycles. The van der Waals surface area contributed by atoms with Crippen molar-refractivity contribution in [2.24, 2.45) is 16.6 Å². The van der Waals surface area contributed by atoms with Gasteiger partial charge in [-0.15, -0.1) is 0 Å². The fraction of sp³-hybridized carbons (Fsp3) is 0.407. The number of amides is 1. The van der Waals surface area contributed by atoms with E-state index in [2.05, 4.69) is 14.9 Å². The highest BCUT2D eigenvalue weighted by Crippen LogP contribution is 2.66. The van der Waals surface area contributed by atoms with Crippen LogP contribution in [0.1, 0.15) is 42.1 Å². The van der Waals surface area contributed by atoms with Crippen LogP contribution >= 0.6 is 11.8 Å². The average Bonchev–Trinajstić information content (AvgIpc) is 3.42. The molecule has 37 heavy (non-hydrogen) atoms. The van der Waals surface area contributed by atoms with Gasteiger partial charge in [-0.1, -0.05) is 17.8 Å². The molecule has 0 radical (unpaired) electrons.